The van der Waals surface area contributed by atoms with Crippen LogP contribution in [0.1, 0.15) is 37.8 Å². The topological polar surface area (TPSA) is 42.7 Å². The highest BCUT2D eigenvalue weighted by atomic mass is 32.2. The molecule has 5 nitrogen and oxygen atoms in total. The number of aromatic nitrogens is 3. The van der Waals surface area contributed by atoms with Gasteiger partial charge in [0.25, 0.3) is 0 Å². The number of anilines is 1. The normalized spacial score (nSPS) is 11.2. The number of methoxy groups -OCH3 is 1. The Hall–Kier alpha value is -2.21. The van der Waals surface area contributed by atoms with Gasteiger partial charge in [0.05, 0.1) is 7.11 Å². The van der Waals surface area contributed by atoms with Crippen molar-refractivity contribution in [2.24, 2.45) is 0 Å². The van der Waals surface area contributed by atoms with Crippen molar-refractivity contribution in [1.29, 1.82) is 0 Å². The average Bonchev–Trinajstić information content (AvgIpc) is 3.06. The molecular formula is C22H30N4OS. The first-order chi connectivity index (χ1) is 13.5. The molecule has 0 aliphatic rings. The number of benzene rings is 1. The minimum absolute atomic E-state index is 0.840. The molecule has 6 heteroatoms. The van der Waals surface area contributed by atoms with Crippen molar-refractivity contribution in [3.63, 3.8) is 0 Å². The highest BCUT2D eigenvalue weighted by Gasteiger charge is 2.22. The number of aryl methyl sites for hydroxylation is 2. The lowest BCUT2D eigenvalue weighted by atomic mass is 10.0. The predicted octanol–water partition coefficient (Wildman–Crippen LogP) is 5.37. The third-order valence-corrected chi connectivity index (χ3v) is 5.53. The molecule has 0 radical (unpaired) electrons. The Morgan fingerprint density at radius 3 is 2.46 bits per heavy atom. The summed E-state index contributed by atoms with van der Waals surface area (Å²) < 4.78 is 7.90. The maximum atomic E-state index is 5.71. The van der Waals surface area contributed by atoms with Gasteiger partial charge in [-0.15, -0.1) is 11.8 Å². The van der Waals surface area contributed by atoms with Gasteiger partial charge in [0.15, 0.2) is 5.65 Å². The van der Waals surface area contributed by atoms with E-state index in [9.17, 15) is 0 Å². The zero-order valence-electron chi connectivity index (χ0n) is 17.7. The average molecular weight is 399 g/mol. The van der Waals surface area contributed by atoms with E-state index in [2.05, 4.69) is 55.4 Å². The molecule has 28 heavy (non-hydrogen) atoms. The second-order valence-electron chi connectivity index (χ2n) is 7.06. The van der Waals surface area contributed by atoms with Crippen LogP contribution in [0.15, 0.2) is 29.6 Å². The van der Waals surface area contributed by atoms with Gasteiger partial charge in [0.2, 0.25) is 0 Å². The van der Waals surface area contributed by atoms with E-state index < -0.39 is 0 Å². The van der Waals surface area contributed by atoms with E-state index in [4.69, 9.17) is 14.7 Å². The Kier molecular flexibility index (Phi) is 6.50. The molecule has 0 aliphatic carbocycles. The van der Waals surface area contributed by atoms with Crippen LogP contribution in [0.5, 0.6) is 5.75 Å². The first kappa shape index (κ1) is 20.5. The molecule has 0 spiro atoms. The Bertz CT molecular complexity index is 961. The van der Waals surface area contributed by atoms with Crippen LogP contribution in [0.4, 0.5) is 5.82 Å². The predicted molar refractivity (Wildman–Crippen MR) is 119 cm³/mol. The fraction of sp³-hybridized carbons (Fsp3) is 0.455. The summed E-state index contributed by atoms with van der Waals surface area (Å²) in [6.07, 6.45) is 8.18. The van der Waals surface area contributed by atoms with Crippen molar-refractivity contribution < 1.29 is 4.74 Å². The lowest BCUT2D eigenvalue weighted by molar-refractivity contribution is 0.415. The summed E-state index contributed by atoms with van der Waals surface area (Å²) >= 11 is 1.69. The van der Waals surface area contributed by atoms with Gasteiger partial charge in [-0.05, 0) is 50.1 Å². The van der Waals surface area contributed by atoms with E-state index in [-0.39, 0.29) is 0 Å². The molecule has 0 bridgehead atoms. The summed E-state index contributed by atoms with van der Waals surface area (Å²) in [5.41, 5.74) is 5.08. The number of imidazole rings is 1. The molecule has 0 saturated carbocycles. The molecule has 0 atom stereocenters. The monoisotopic (exact) mass is 398 g/mol. The van der Waals surface area contributed by atoms with Crippen LogP contribution < -0.4 is 9.64 Å². The standard InChI is InChI=1S/C22H30N4OS/c1-7-10-25(11-8-2)22-21(28-6)24-20-19(23-9-12-26(20)22)18-16(4)13-15(3)14-17(18)27-5/h9,12-14H,7-8,10-11H2,1-6H3. The minimum Gasteiger partial charge on any atom is -0.496 e. The fourth-order valence-electron chi connectivity index (χ4n) is 3.80. The SMILES string of the molecule is CCCN(CCC)c1c(SC)nc2c(-c3c(C)cc(C)cc3OC)nccn12. The molecule has 0 fully saturated rings. The quantitative estimate of drug-likeness (QED) is 0.477. The minimum atomic E-state index is 0.840. The van der Waals surface area contributed by atoms with Crippen LogP contribution in [0.2, 0.25) is 0 Å². The van der Waals surface area contributed by atoms with Gasteiger partial charge in [-0.1, -0.05) is 19.9 Å². The lowest BCUT2D eigenvalue weighted by Crippen LogP contribution is -2.26. The summed E-state index contributed by atoms with van der Waals surface area (Å²) in [6, 6.07) is 4.23. The van der Waals surface area contributed by atoms with Gasteiger partial charge in [-0.2, -0.15) is 0 Å². The highest BCUT2D eigenvalue weighted by Crippen LogP contribution is 2.38. The van der Waals surface area contributed by atoms with Crippen molar-refractivity contribution in [2.75, 3.05) is 31.4 Å². The number of hydrogen-bond acceptors (Lipinski definition) is 5. The number of ether oxygens (including phenoxy) is 1. The van der Waals surface area contributed by atoms with Crippen molar-refractivity contribution in [1.82, 2.24) is 14.4 Å². The Morgan fingerprint density at radius 1 is 1.14 bits per heavy atom. The summed E-state index contributed by atoms with van der Waals surface area (Å²) in [7, 11) is 1.71. The van der Waals surface area contributed by atoms with E-state index in [0.717, 1.165) is 59.2 Å². The van der Waals surface area contributed by atoms with Gasteiger partial charge < -0.3 is 9.64 Å². The summed E-state index contributed by atoms with van der Waals surface area (Å²) in [4.78, 5) is 12.2. The van der Waals surface area contributed by atoms with Crippen LogP contribution in [0.3, 0.4) is 0 Å². The van der Waals surface area contributed by atoms with Gasteiger partial charge in [0.1, 0.15) is 22.3 Å². The molecule has 0 unspecified atom stereocenters. The van der Waals surface area contributed by atoms with Crippen LogP contribution in [0, 0.1) is 13.8 Å². The lowest BCUT2D eigenvalue weighted by Gasteiger charge is -2.24. The molecular weight excluding hydrogens is 368 g/mol. The number of nitrogens with zero attached hydrogens (tertiary/aromatic N) is 4. The van der Waals surface area contributed by atoms with Crippen molar-refractivity contribution in [3.8, 4) is 17.0 Å². The molecule has 2 heterocycles. The first-order valence-corrected chi connectivity index (χ1v) is 11.1. The van der Waals surface area contributed by atoms with Crippen LogP contribution in [-0.2, 0) is 0 Å². The summed E-state index contributed by atoms with van der Waals surface area (Å²) in [5.74, 6) is 2.01. The highest BCUT2D eigenvalue weighted by molar-refractivity contribution is 7.98. The van der Waals surface area contributed by atoms with Crippen LogP contribution in [0.25, 0.3) is 16.9 Å². The molecule has 150 valence electrons. The van der Waals surface area contributed by atoms with Gasteiger partial charge in [-0.25, -0.2) is 4.98 Å². The number of fused-ring (bicyclic) bond motifs is 1. The fourth-order valence-corrected chi connectivity index (χ4v) is 4.39. The zero-order chi connectivity index (χ0) is 20.3. The molecule has 3 rings (SSSR count). The van der Waals surface area contributed by atoms with Crippen LogP contribution in [-0.4, -0.2) is 40.8 Å². The maximum absolute atomic E-state index is 5.71. The maximum Gasteiger partial charge on any atom is 0.166 e. The van der Waals surface area contributed by atoms with E-state index in [1.165, 1.54) is 11.4 Å². The third kappa shape index (κ3) is 3.70. The number of rotatable bonds is 8. The Balaban J connectivity index is 2.29. The number of thioether (sulfide) groups is 1. The largest absolute Gasteiger partial charge is 0.496 e. The molecule has 3 aromatic rings. The van der Waals surface area contributed by atoms with Gasteiger partial charge in [0, 0.05) is 31.0 Å². The molecule has 1 aromatic carbocycles. The van der Waals surface area contributed by atoms with E-state index >= 15 is 0 Å². The first-order valence-electron chi connectivity index (χ1n) is 9.87. The Morgan fingerprint density at radius 2 is 1.86 bits per heavy atom. The smallest absolute Gasteiger partial charge is 0.166 e. The number of hydrogen-bond donors (Lipinski definition) is 0. The molecule has 2 aromatic heterocycles. The molecule has 0 saturated heterocycles. The molecule has 0 N–H and O–H groups in total. The Labute approximate surface area is 172 Å². The zero-order valence-corrected chi connectivity index (χ0v) is 18.6. The van der Waals surface area contributed by atoms with Crippen molar-refractivity contribution >= 4 is 23.2 Å². The van der Waals surface area contributed by atoms with E-state index in [1.807, 2.05) is 12.4 Å². The second kappa shape index (κ2) is 8.86. The van der Waals surface area contributed by atoms with Gasteiger partial charge in [-0.3, -0.25) is 9.38 Å². The second-order valence-corrected chi connectivity index (χ2v) is 7.86. The third-order valence-electron chi connectivity index (χ3n) is 4.87. The van der Waals surface area contributed by atoms with E-state index in [0.29, 0.717) is 0 Å². The van der Waals surface area contributed by atoms with Crippen molar-refractivity contribution in [3.05, 3.63) is 35.7 Å². The van der Waals surface area contributed by atoms with Crippen molar-refractivity contribution in [2.45, 2.75) is 45.6 Å². The summed E-state index contributed by atoms with van der Waals surface area (Å²) in [6.45, 7) is 10.7. The molecule has 0 amide bonds. The summed E-state index contributed by atoms with van der Waals surface area (Å²) in [5, 5.41) is 1.04. The van der Waals surface area contributed by atoms with Crippen LogP contribution >= 0.6 is 11.8 Å². The van der Waals surface area contributed by atoms with Gasteiger partial charge >= 0.3 is 0 Å². The molecule has 0 aliphatic heterocycles. The van der Waals surface area contributed by atoms with E-state index in [1.54, 1.807) is 18.9 Å².